The van der Waals surface area contributed by atoms with Crippen molar-refractivity contribution in [1.82, 2.24) is 14.3 Å². The molecule has 0 saturated heterocycles. The van der Waals surface area contributed by atoms with E-state index in [-0.39, 0.29) is 6.04 Å². The quantitative estimate of drug-likeness (QED) is 0.921. The van der Waals surface area contributed by atoms with Gasteiger partial charge in [-0.25, -0.2) is 9.97 Å². The molecule has 0 aliphatic rings. The van der Waals surface area contributed by atoms with Crippen LogP contribution in [0.3, 0.4) is 0 Å². The highest BCUT2D eigenvalue weighted by atomic mass is 32.2. The van der Waals surface area contributed by atoms with Crippen molar-refractivity contribution in [3.8, 4) is 0 Å². The molecule has 17 heavy (non-hydrogen) atoms. The maximum absolute atomic E-state index is 5.77. The fraction of sp³-hybridized carbons (Fsp3) is 0.364. The minimum absolute atomic E-state index is 0.0229. The average molecular weight is 266 g/mol. The van der Waals surface area contributed by atoms with Gasteiger partial charge in [0, 0.05) is 18.7 Å². The number of hydrogen-bond acceptors (Lipinski definition) is 6. The molecule has 0 bridgehead atoms. The van der Waals surface area contributed by atoms with Crippen LogP contribution in [-0.2, 0) is 6.42 Å². The lowest BCUT2D eigenvalue weighted by Crippen LogP contribution is -2.04. The zero-order chi connectivity index (χ0) is 12.3. The van der Waals surface area contributed by atoms with Crippen LogP contribution in [0, 0.1) is 0 Å². The smallest absolute Gasteiger partial charge is 0.176 e. The molecule has 2 aromatic heterocycles. The van der Waals surface area contributed by atoms with Gasteiger partial charge in [0.2, 0.25) is 0 Å². The summed E-state index contributed by atoms with van der Waals surface area (Å²) in [5.74, 6) is 0.893. The molecule has 1 atom stereocenters. The van der Waals surface area contributed by atoms with Gasteiger partial charge in [-0.1, -0.05) is 13.0 Å². The topological polar surface area (TPSA) is 64.7 Å². The SMILES string of the molecule is CCc1nsc(Sc2ccc([C@H](C)N)cn2)n1. The highest BCUT2D eigenvalue weighted by molar-refractivity contribution is 8.00. The van der Waals surface area contributed by atoms with Gasteiger partial charge in [0.05, 0.1) is 0 Å². The second-order valence-electron chi connectivity index (χ2n) is 3.65. The van der Waals surface area contributed by atoms with Crippen molar-refractivity contribution in [2.75, 3.05) is 0 Å². The van der Waals surface area contributed by atoms with E-state index in [1.165, 1.54) is 23.3 Å². The summed E-state index contributed by atoms with van der Waals surface area (Å²) in [5.41, 5.74) is 6.81. The van der Waals surface area contributed by atoms with Crippen molar-refractivity contribution in [3.05, 3.63) is 29.7 Å². The van der Waals surface area contributed by atoms with Crippen LogP contribution in [0.25, 0.3) is 0 Å². The lowest BCUT2D eigenvalue weighted by molar-refractivity contribution is 0.806. The molecule has 90 valence electrons. The molecular formula is C11H14N4S2. The first kappa shape index (κ1) is 12.5. The summed E-state index contributed by atoms with van der Waals surface area (Å²) >= 11 is 2.95. The van der Waals surface area contributed by atoms with Crippen LogP contribution in [0.1, 0.15) is 31.3 Å². The average Bonchev–Trinajstić information content (AvgIpc) is 2.77. The van der Waals surface area contributed by atoms with Gasteiger partial charge in [0.15, 0.2) is 4.34 Å². The van der Waals surface area contributed by atoms with Crippen LogP contribution in [0.15, 0.2) is 27.7 Å². The van der Waals surface area contributed by atoms with Gasteiger partial charge in [0.1, 0.15) is 10.9 Å². The van der Waals surface area contributed by atoms with Gasteiger partial charge in [-0.3, -0.25) is 0 Å². The van der Waals surface area contributed by atoms with Crippen molar-refractivity contribution in [3.63, 3.8) is 0 Å². The largest absolute Gasteiger partial charge is 0.324 e. The van der Waals surface area contributed by atoms with Gasteiger partial charge in [0.25, 0.3) is 0 Å². The Kier molecular flexibility index (Phi) is 4.09. The van der Waals surface area contributed by atoms with E-state index in [1.807, 2.05) is 32.2 Å². The Balaban J connectivity index is 2.08. The Morgan fingerprint density at radius 3 is 2.82 bits per heavy atom. The number of rotatable bonds is 4. The summed E-state index contributed by atoms with van der Waals surface area (Å²) in [6.07, 6.45) is 2.68. The first-order valence-corrected chi connectivity index (χ1v) is 7.00. The van der Waals surface area contributed by atoms with Crippen LogP contribution >= 0.6 is 23.3 Å². The molecule has 4 nitrogen and oxygen atoms in total. The first-order valence-electron chi connectivity index (χ1n) is 5.41. The van der Waals surface area contributed by atoms with E-state index in [2.05, 4.69) is 14.3 Å². The maximum Gasteiger partial charge on any atom is 0.176 e. The Morgan fingerprint density at radius 2 is 2.29 bits per heavy atom. The number of nitrogens with zero attached hydrogens (tertiary/aromatic N) is 3. The van der Waals surface area contributed by atoms with Gasteiger partial charge in [-0.15, -0.1) is 0 Å². The molecule has 0 fully saturated rings. The summed E-state index contributed by atoms with van der Waals surface area (Å²) in [4.78, 5) is 8.74. The highest BCUT2D eigenvalue weighted by Crippen LogP contribution is 2.27. The monoisotopic (exact) mass is 266 g/mol. The normalized spacial score (nSPS) is 12.6. The maximum atomic E-state index is 5.77. The summed E-state index contributed by atoms with van der Waals surface area (Å²) in [6.45, 7) is 3.99. The Bertz CT molecular complexity index is 478. The third-order valence-electron chi connectivity index (χ3n) is 2.24. The molecule has 0 aromatic carbocycles. The molecule has 0 spiro atoms. The fourth-order valence-electron chi connectivity index (χ4n) is 1.23. The van der Waals surface area contributed by atoms with Crippen molar-refractivity contribution in [1.29, 1.82) is 0 Å². The van der Waals surface area contributed by atoms with Crippen LogP contribution in [0.4, 0.5) is 0 Å². The second kappa shape index (κ2) is 5.57. The fourth-order valence-corrected chi connectivity index (χ4v) is 2.82. The van der Waals surface area contributed by atoms with E-state index in [4.69, 9.17) is 5.73 Å². The standard InChI is InChI=1S/C11H14N4S2/c1-3-9-14-11(17-15-9)16-10-5-4-8(6-13-10)7(2)12/h4-7H,3,12H2,1-2H3/t7-/m0/s1. The Labute approximate surface area is 109 Å². The predicted octanol–water partition coefficient (Wildman–Crippen LogP) is 2.67. The Morgan fingerprint density at radius 1 is 1.47 bits per heavy atom. The van der Waals surface area contributed by atoms with Crippen LogP contribution < -0.4 is 5.73 Å². The van der Waals surface area contributed by atoms with E-state index >= 15 is 0 Å². The summed E-state index contributed by atoms with van der Waals surface area (Å²) < 4.78 is 5.17. The van der Waals surface area contributed by atoms with E-state index in [9.17, 15) is 0 Å². The minimum Gasteiger partial charge on any atom is -0.324 e. The van der Waals surface area contributed by atoms with Crippen molar-refractivity contribution in [2.45, 2.75) is 35.7 Å². The van der Waals surface area contributed by atoms with Crippen molar-refractivity contribution >= 4 is 23.3 Å². The molecular weight excluding hydrogens is 252 g/mol. The lowest BCUT2D eigenvalue weighted by atomic mass is 10.2. The van der Waals surface area contributed by atoms with E-state index < -0.39 is 0 Å². The van der Waals surface area contributed by atoms with Crippen molar-refractivity contribution in [2.24, 2.45) is 5.73 Å². The van der Waals surface area contributed by atoms with Gasteiger partial charge >= 0.3 is 0 Å². The third-order valence-corrected chi connectivity index (χ3v) is 3.98. The Hall–Kier alpha value is -0.980. The minimum atomic E-state index is 0.0229. The molecule has 0 radical (unpaired) electrons. The number of nitrogens with two attached hydrogens (primary N) is 1. The molecule has 2 rings (SSSR count). The molecule has 6 heteroatoms. The molecule has 0 amide bonds. The van der Waals surface area contributed by atoms with Gasteiger partial charge < -0.3 is 5.73 Å². The number of aryl methyl sites for hydroxylation is 1. The van der Waals surface area contributed by atoms with E-state index in [0.29, 0.717) is 0 Å². The zero-order valence-corrected chi connectivity index (χ0v) is 11.4. The number of hydrogen-bond donors (Lipinski definition) is 1. The third kappa shape index (κ3) is 3.24. The van der Waals surface area contributed by atoms with Crippen LogP contribution in [-0.4, -0.2) is 14.3 Å². The van der Waals surface area contributed by atoms with E-state index in [0.717, 1.165) is 27.2 Å². The molecule has 0 unspecified atom stereocenters. The van der Waals surface area contributed by atoms with Crippen LogP contribution in [0.2, 0.25) is 0 Å². The summed E-state index contributed by atoms with van der Waals surface area (Å²) in [7, 11) is 0. The highest BCUT2D eigenvalue weighted by Gasteiger charge is 2.06. The summed E-state index contributed by atoms with van der Waals surface area (Å²) in [6, 6.07) is 3.99. The second-order valence-corrected chi connectivity index (χ2v) is 5.67. The van der Waals surface area contributed by atoms with Crippen molar-refractivity contribution < 1.29 is 0 Å². The molecule has 0 aliphatic carbocycles. The number of pyridine rings is 1. The van der Waals surface area contributed by atoms with E-state index in [1.54, 1.807) is 0 Å². The summed E-state index contributed by atoms with van der Waals surface area (Å²) in [5, 5.41) is 0.924. The van der Waals surface area contributed by atoms with Gasteiger partial charge in [-0.2, -0.15) is 4.37 Å². The molecule has 2 aromatic rings. The van der Waals surface area contributed by atoms with Crippen LogP contribution in [0.5, 0.6) is 0 Å². The molecule has 0 aliphatic heterocycles. The molecule has 2 heterocycles. The predicted molar refractivity (Wildman–Crippen MR) is 70.2 cm³/mol. The van der Waals surface area contributed by atoms with Gasteiger partial charge in [-0.05, 0) is 41.8 Å². The zero-order valence-electron chi connectivity index (χ0n) is 9.75. The number of aromatic nitrogens is 3. The lowest BCUT2D eigenvalue weighted by Gasteiger charge is -2.04. The first-order chi connectivity index (χ1) is 8.19. The molecule has 0 saturated carbocycles. The molecule has 2 N–H and O–H groups in total.